The van der Waals surface area contributed by atoms with Crippen molar-refractivity contribution in [2.75, 3.05) is 25.5 Å². The molecule has 0 bridgehead atoms. The van der Waals surface area contributed by atoms with Gasteiger partial charge in [0, 0.05) is 11.2 Å². The maximum Gasteiger partial charge on any atom is 0.322 e. The zero-order valence-corrected chi connectivity index (χ0v) is 16.5. The van der Waals surface area contributed by atoms with Crippen molar-refractivity contribution >= 4 is 11.7 Å². The quantitative estimate of drug-likeness (QED) is 0.883. The summed E-state index contributed by atoms with van der Waals surface area (Å²) in [6.45, 7) is 2.83. The number of nitrogens with one attached hydrogen (secondary N) is 1. The van der Waals surface area contributed by atoms with Gasteiger partial charge in [0.25, 0.3) is 0 Å². The number of anilines is 1. The van der Waals surface area contributed by atoms with Gasteiger partial charge < -0.3 is 5.32 Å². The molecule has 2 fully saturated rings. The predicted octanol–water partition coefficient (Wildman–Crippen LogP) is 4.29. The fourth-order valence-electron chi connectivity index (χ4n) is 4.94. The molecule has 0 radical (unpaired) electrons. The summed E-state index contributed by atoms with van der Waals surface area (Å²) < 4.78 is 0. The zero-order chi connectivity index (χ0) is 19.1. The van der Waals surface area contributed by atoms with Crippen LogP contribution < -0.4 is 10.2 Å². The molecule has 1 aliphatic carbocycles. The Bertz CT molecular complexity index is 823. The van der Waals surface area contributed by atoms with E-state index in [1.54, 1.807) is 0 Å². The number of carbonyl (C=O) groups is 1. The molecule has 2 aromatic carbocycles. The smallest absolute Gasteiger partial charge is 0.322 e. The fourth-order valence-corrected chi connectivity index (χ4v) is 4.94. The highest BCUT2D eigenvalue weighted by Gasteiger charge is 2.50. The van der Waals surface area contributed by atoms with Gasteiger partial charge in [-0.05, 0) is 63.9 Å². The molecule has 1 saturated heterocycles. The lowest BCUT2D eigenvalue weighted by molar-refractivity contribution is 0.0658. The van der Waals surface area contributed by atoms with Crippen molar-refractivity contribution in [2.45, 2.75) is 43.7 Å². The van der Waals surface area contributed by atoms with Crippen LogP contribution in [0.5, 0.6) is 0 Å². The molecule has 4 nitrogen and oxygen atoms in total. The van der Waals surface area contributed by atoms with Crippen molar-refractivity contribution in [1.82, 2.24) is 10.2 Å². The first-order valence-corrected chi connectivity index (χ1v) is 9.84. The van der Waals surface area contributed by atoms with Crippen molar-refractivity contribution in [1.29, 1.82) is 0 Å². The normalized spacial score (nSPS) is 28.0. The molecule has 2 amide bonds. The highest BCUT2D eigenvalue weighted by molar-refractivity contribution is 5.96. The Hall–Kier alpha value is -2.33. The number of aryl methyl sites for hydroxylation is 1. The lowest BCUT2D eigenvalue weighted by Gasteiger charge is -2.48. The second-order valence-electron chi connectivity index (χ2n) is 8.38. The van der Waals surface area contributed by atoms with E-state index in [2.05, 4.69) is 67.6 Å². The molecule has 142 valence electrons. The molecule has 27 heavy (non-hydrogen) atoms. The minimum Gasteiger partial charge on any atom is -0.330 e. The molecule has 0 aromatic heterocycles. The summed E-state index contributed by atoms with van der Waals surface area (Å²) in [5, 5.41) is 3.34. The number of benzene rings is 2. The van der Waals surface area contributed by atoms with Gasteiger partial charge in [0.2, 0.25) is 0 Å². The minimum absolute atomic E-state index is 0.0429. The van der Waals surface area contributed by atoms with Gasteiger partial charge in [-0.15, -0.1) is 0 Å². The highest BCUT2D eigenvalue weighted by atomic mass is 16.2. The van der Waals surface area contributed by atoms with Crippen LogP contribution in [0.15, 0.2) is 54.6 Å². The van der Waals surface area contributed by atoms with E-state index in [1.165, 1.54) is 5.56 Å². The van der Waals surface area contributed by atoms with Crippen LogP contribution in [0.25, 0.3) is 0 Å². The van der Waals surface area contributed by atoms with Crippen molar-refractivity contribution in [3.8, 4) is 0 Å². The van der Waals surface area contributed by atoms with Crippen molar-refractivity contribution in [2.24, 2.45) is 0 Å². The van der Waals surface area contributed by atoms with Crippen LogP contribution in [0.1, 0.15) is 36.8 Å². The van der Waals surface area contributed by atoms with Crippen LogP contribution in [0.3, 0.4) is 0 Å². The summed E-state index contributed by atoms with van der Waals surface area (Å²) in [6.07, 6.45) is 4.08. The summed E-state index contributed by atoms with van der Waals surface area (Å²) in [4.78, 5) is 17.1. The molecule has 2 aromatic rings. The first-order chi connectivity index (χ1) is 13.0. The monoisotopic (exact) mass is 363 g/mol. The van der Waals surface area contributed by atoms with Crippen LogP contribution >= 0.6 is 0 Å². The standard InChI is InChI=1S/C23H29N3O/c1-18-9-7-8-12-20(18)26-17-22(24-21(26)27)13-15-23(16-14-22,25(2)3)19-10-5-4-6-11-19/h4-12H,13-17H2,1-3H3,(H,24,27). The molecule has 2 aliphatic rings. The van der Waals surface area contributed by atoms with Gasteiger partial charge >= 0.3 is 6.03 Å². The Morgan fingerprint density at radius 1 is 0.926 bits per heavy atom. The SMILES string of the molecule is Cc1ccccc1N1CC2(CCC(c3ccccc3)(N(C)C)CC2)NC1=O. The predicted molar refractivity (Wildman–Crippen MR) is 110 cm³/mol. The van der Waals surface area contributed by atoms with Gasteiger partial charge in [-0.3, -0.25) is 9.80 Å². The average molecular weight is 364 g/mol. The molecule has 0 unspecified atom stereocenters. The van der Waals surface area contributed by atoms with Crippen LogP contribution in [-0.2, 0) is 5.54 Å². The summed E-state index contributed by atoms with van der Waals surface area (Å²) in [5.41, 5.74) is 3.48. The Balaban J connectivity index is 1.57. The first-order valence-electron chi connectivity index (χ1n) is 9.84. The van der Waals surface area contributed by atoms with Gasteiger partial charge in [-0.25, -0.2) is 4.79 Å². The summed E-state index contributed by atoms with van der Waals surface area (Å²) in [6, 6.07) is 19.0. The third-order valence-corrected chi connectivity index (χ3v) is 6.69. The molecular weight excluding hydrogens is 334 g/mol. The van der Waals surface area contributed by atoms with E-state index in [0.717, 1.165) is 43.5 Å². The Morgan fingerprint density at radius 2 is 1.56 bits per heavy atom. The van der Waals surface area contributed by atoms with E-state index in [1.807, 2.05) is 23.1 Å². The van der Waals surface area contributed by atoms with Crippen LogP contribution in [0.2, 0.25) is 0 Å². The Kier molecular flexibility index (Phi) is 4.47. The van der Waals surface area contributed by atoms with Crippen LogP contribution in [0, 0.1) is 6.92 Å². The first kappa shape index (κ1) is 18.1. The van der Waals surface area contributed by atoms with E-state index in [4.69, 9.17) is 0 Å². The van der Waals surface area contributed by atoms with Crippen LogP contribution in [-0.4, -0.2) is 37.1 Å². The molecule has 1 heterocycles. The number of hydrogen-bond donors (Lipinski definition) is 1. The largest absolute Gasteiger partial charge is 0.330 e. The molecule has 1 spiro atoms. The highest BCUT2D eigenvalue weighted by Crippen LogP contribution is 2.46. The Morgan fingerprint density at radius 3 is 2.19 bits per heavy atom. The molecule has 0 atom stereocenters. The fraction of sp³-hybridized carbons (Fsp3) is 0.435. The third kappa shape index (κ3) is 3.02. The average Bonchev–Trinajstić information content (AvgIpc) is 2.99. The molecule has 4 rings (SSSR count). The number of nitrogens with zero attached hydrogens (tertiary/aromatic N) is 2. The topological polar surface area (TPSA) is 35.6 Å². The van der Waals surface area contributed by atoms with Crippen LogP contribution in [0.4, 0.5) is 10.5 Å². The van der Waals surface area contributed by atoms with Gasteiger partial charge in [0.15, 0.2) is 0 Å². The molecule has 1 saturated carbocycles. The van der Waals surface area contributed by atoms with E-state index in [0.29, 0.717) is 0 Å². The van der Waals surface area contributed by atoms with Gasteiger partial charge in [0.05, 0.1) is 12.1 Å². The van der Waals surface area contributed by atoms with Gasteiger partial charge in [0.1, 0.15) is 0 Å². The summed E-state index contributed by atoms with van der Waals surface area (Å²) >= 11 is 0. The van der Waals surface area contributed by atoms with Crippen molar-refractivity contribution in [3.63, 3.8) is 0 Å². The molecule has 1 N–H and O–H groups in total. The number of rotatable bonds is 3. The molecule has 4 heteroatoms. The van der Waals surface area contributed by atoms with E-state index >= 15 is 0 Å². The summed E-state index contributed by atoms with van der Waals surface area (Å²) in [5.74, 6) is 0. The van der Waals surface area contributed by atoms with Gasteiger partial charge in [-0.1, -0.05) is 48.5 Å². The molecular formula is C23H29N3O. The summed E-state index contributed by atoms with van der Waals surface area (Å²) in [7, 11) is 4.36. The van der Waals surface area contributed by atoms with E-state index < -0.39 is 0 Å². The zero-order valence-electron chi connectivity index (χ0n) is 16.5. The number of carbonyl (C=O) groups excluding carboxylic acids is 1. The second kappa shape index (κ2) is 6.68. The maximum absolute atomic E-state index is 12.8. The van der Waals surface area contributed by atoms with E-state index in [-0.39, 0.29) is 17.1 Å². The lowest BCUT2D eigenvalue weighted by Crippen LogP contribution is -2.54. The number of urea groups is 1. The third-order valence-electron chi connectivity index (χ3n) is 6.69. The number of amides is 2. The number of para-hydroxylation sites is 1. The maximum atomic E-state index is 12.8. The van der Waals surface area contributed by atoms with Gasteiger partial charge in [-0.2, -0.15) is 0 Å². The minimum atomic E-state index is -0.117. The second-order valence-corrected chi connectivity index (χ2v) is 8.38. The lowest BCUT2D eigenvalue weighted by atomic mass is 9.69. The molecule has 1 aliphatic heterocycles. The van der Waals surface area contributed by atoms with E-state index in [9.17, 15) is 4.79 Å². The number of hydrogen-bond acceptors (Lipinski definition) is 2. The Labute approximate surface area is 162 Å². The van der Waals surface area contributed by atoms with Crippen molar-refractivity contribution < 1.29 is 4.79 Å². The van der Waals surface area contributed by atoms with Crippen molar-refractivity contribution in [3.05, 3.63) is 65.7 Å².